The van der Waals surface area contributed by atoms with E-state index >= 15 is 0 Å². The third kappa shape index (κ3) is 2.68. The summed E-state index contributed by atoms with van der Waals surface area (Å²) in [6.07, 6.45) is 0.894. The van der Waals surface area contributed by atoms with Crippen LogP contribution in [0.1, 0.15) is 5.56 Å². The second kappa shape index (κ2) is 6.39. The average molecular weight is 384 g/mol. The minimum Gasteiger partial charge on any atom is -0.496 e. The van der Waals surface area contributed by atoms with E-state index in [4.69, 9.17) is 30.9 Å². The molecule has 6 nitrogen and oxygen atoms in total. The van der Waals surface area contributed by atoms with Crippen molar-refractivity contribution < 1.29 is 14.2 Å². The minimum atomic E-state index is 0.552. The maximum Gasteiger partial charge on any atom is 0.163 e. The van der Waals surface area contributed by atoms with Crippen LogP contribution in [-0.4, -0.2) is 36.6 Å². The van der Waals surface area contributed by atoms with Crippen LogP contribution in [-0.2, 0) is 6.42 Å². The van der Waals surface area contributed by atoms with Crippen molar-refractivity contribution in [3.05, 3.63) is 47.0 Å². The van der Waals surface area contributed by atoms with E-state index < -0.39 is 0 Å². The van der Waals surface area contributed by atoms with Gasteiger partial charge in [-0.25, -0.2) is 4.68 Å². The predicted molar refractivity (Wildman–Crippen MR) is 104 cm³/mol. The van der Waals surface area contributed by atoms with Crippen LogP contribution in [0.15, 0.2) is 36.4 Å². The zero-order valence-electron chi connectivity index (χ0n) is 14.8. The van der Waals surface area contributed by atoms with Crippen molar-refractivity contribution in [1.82, 2.24) is 9.78 Å². The Morgan fingerprint density at radius 1 is 1.11 bits per heavy atom. The van der Waals surface area contributed by atoms with E-state index in [0.717, 1.165) is 58.5 Å². The third-order valence-corrected chi connectivity index (χ3v) is 5.07. The molecule has 0 saturated carbocycles. The van der Waals surface area contributed by atoms with E-state index in [1.165, 1.54) is 0 Å². The molecule has 138 valence electrons. The van der Waals surface area contributed by atoms with E-state index in [1.807, 2.05) is 41.1 Å². The number of nitrogens with one attached hydrogen (secondary N) is 1. The van der Waals surface area contributed by atoms with Gasteiger partial charge in [0.2, 0.25) is 0 Å². The molecule has 0 atom stereocenters. The van der Waals surface area contributed by atoms with Crippen molar-refractivity contribution in [2.75, 3.05) is 32.2 Å². The van der Waals surface area contributed by atoms with Gasteiger partial charge in [0.25, 0.3) is 0 Å². The van der Waals surface area contributed by atoms with Crippen LogP contribution in [0.5, 0.6) is 17.2 Å². The van der Waals surface area contributed by atoms with E-state index in [2.05, 4.69) is 5.32 Å². The van der Waals surface area contributed by atoms with Crippen LogP contribution < -0.4 is 19.5 Å². The summed E-state index contributed by atoms with van der Waals surface area (Å²) in [6.45, 7) is 1.99. The number of ether oxygens (including phenoxy) is 3. The van der Waals surface area contributed by atoms with Gasteiger partial charge in [0.15, 0.2) is 11.5 Å². The Labute approximate surface area is 161 Å². The number of anilines is 1. The average Bonchev–Trinajstić information content (AvgIpc) is 3.30. The SMILES string of the molecule is COc1ccc(Cl)cc1-c1nn(-c2ccc3c(c2)OCCO3)c2c1CCN2. The lowest BCUT2D eigenvalue weighted by Gasteiger charge is -2.19. The molecule has 0 unspecified atom stereocenters. The summed E-state index contributed by atoms with van der Waals surface area (Å²) in [5, 5.41) is 8.99. The summed E-state index contributed by atoms with van der Waals surface area (Å²) < 4.78 is 18.8. The fraction of sp³-hybridized carbons (Fsp3) is 0.250. The Kier molecular flexibility index (Phi) is 3.86. The monoisotopic (exact) mass is 383 g/mol. The molecule has 0 fully saturated rings. The third-order valence-electron chi connectivity index (χ3n) is 4.84. The molecule has 0 amide bonds. The summed E-state index contributed by atoms with van der Waals surface area (Å²) in [6, 6.07) is 11.5. The molecule has 0 bridgehead atoms. The van der Waals surface area contributed by atoms with Crippen LogP contribution >= 0.6 is 11.6 Å². The van der Waals surface area contributed by atoms with Crippen molar-refractivity contribution in [3.8, 4) is 34.2 Å². The second-order valence-corrected chi connectivity index (χ2v) is 6.87. The number of rotatable bonds is 3. The molecule has 0 radical (unpaired) electrons. The lowest BCUT2D eigenvalue weighted by atomic mass is 10.1. The smallest absolute Gasteiger partial charge is 0.163 e. The largest absolute Gasteiger partial charge is 0.496 e. The van der Waals surface area contributed by atoms with Gasteiger partial charge in [-0.1, -0.05) is 11.6 Å². The molecule has 7 heteroatoms. The van der Waals surface area contributed by atoms with Crippen LogP contribution in [0.2, 0.25) is 5.02 Å². The molecular weight excluding hydrogens is 366 g/mol. The molecule has 27 heavy (non-hydrogen) atoms. The van der Waals surface area contributed by atoms with Gasteiger partial charge in [0.05, 0.1) is 12.8 Å². The number of halogens is 1. The Morgan fingerprint density at radius 2 is 1.96 bits per heavy atom. The molecule has 3 aromatic rings. The molecule has 2 aliphatic heterocycles. The minimum absolute atomic E-state index is 0.552. The van der Waals surface area contributed by atoms with Crippen molar-refractivity contribution in [2.45, 2.75) is 6.42 Å². The number of hydrogen-bond donors (Lipinski definition) is 1. The fourth-order valence-electron chi connectivity index (χ4n) is 3.61. The first-order valence-electron chi connectivity index (χ1n) is 8.84. The summed E-state index contributed by atoms with van der Waals surface area (Å²) in [7, 11) is 1.66. The number of methoxy groups -OCH3 is 1. The quantitative estimate of drug-likeness (QED) is 0.742. The van der Waals surface area contributed by atoms with Gasteiger partial charge in [0, 0.05) is 28.8 Å². The van der Waals surface area contributed by atoms with E-state index in [0.29, 0.717) is 18.2 Å². The standard InChI is InChI=1S/C20H18ClN3O3/c1-25-16-4-2-12(21)10-15(16)19-14-6-7-22-20(14)24(23-19)13-3-5-17-18(11-13)27-9-8-26-17/h2-5,10-11,22H,6-9H2,1H3. The Bertz CT molecular complexity index is 1030. The van der Waals surface area contributed by atoms with Crippen LogP contribution in [0.4, 0.5) is 5.82 Å². The lowest BCUT2D eigenvalue weighted by Crippen LogP contribution is -2.15. The van der Waals surface area contributed by atoms with Gasteiger partial charge in [0.1, 0.15) is 30.5 Å². The normalized spacial score (nSPS) is 14.6. The summed E-state index contributed by atoms with van der Waals surface area (Å²) >= 11 is 6.24. The molecule has 2 aromatic carbocycles. The Hall–Kier alpha value is -2.86. The molecule has 1 N–H and O–H groups in total. The van der Waals surface area contributed by atoms with Gasteiger partial charge in [-0.2, -0.15) is 5.10 Å². The fourth-order valence-corrected chi connectivity index (χ4v) is 3.78. The van der Waals surface area contributed by atoms with Crippen molar-refractivity contribution in [3.63, 3.8) is 0 Å². The highest BCUT2D eigenvalue weighted by Crippen LogP contribution is 2.40. The number of nitrogens with zero attached hydrogens (tertiary/aromatic N) is 2. The second-order valence-electron chi connectivity index (χ2n) is 6.44. The number of aromatic nitrogens is 2. The molecule has 0 aliphatic carbocycles. The maximum atomic E-state index is 6.24. The lowest BCUT2D eigenvalue weighted by molar-refractivity contribution is 0.171. The zero-order chi connectivity index (χ0) is 18.4. The molecular formula is C20H18ClN3O3. The highest BCUT2D eigenvalue weighted by atomic mass is 35.5. The molecule has 2 aliphatic rings. The first kappa shape index (κ1) is 16.3. The van der Waals surface area contributed by atoms with Gasteiger partial charge in [-0.15, -0.1) is 0 Å². The highest BCUT2D eigenvalue weighted by molar-refractivity contribution is 6.31. The van der Waals surface area contributed by atoms with Crippen LogP contribution in [0.25, 0.3) is 16.9 Å². The molecule has 3 heterocycles. The van der Waals surface area contributed by atoms with E-state index in [-0.39, 0.29) is 0 Å². The number of fused-ring (bicyclic) bond motifs is 2. The maximum absolute atomic E-state index is 6.24. The Morgan fingerprint density at radius 3 is 2.81 bits per heavy atom. The van der Waals surface area contributed by atoms with Gasteiger partial charge in [-0.3, -0.25) is 0 Å². The van der Waals surface area contributed by atoms with E-state index in [1.54, 1.807) is 7.11 Å². The summed E-state index contributed by atoms with van der Waals surface area (Å²) in [4.78, 5) is 0. The van der Waals surface area contributed by atoms with Crippen molar-refractivity contribution in [1.29, 1.82) is 0 Å². The molecule has 5 rings (SSSR count). The van der Waals surface area contributed by atoms with Gasteiger partial charge in [-0.05, 0) is 36.8 Å². The predicted octanol–water partition coefficient (Wildman–Crippen LogP) is 3.94. The molecule has 0 spiro atoms. The molecule has 0 saturated heterocycles. The van der Waals surface area contributed by atoms with Crippen molar-refractivity contribution >= 4 is 17.4 Å². The Balaban J connectivity index is 1.66. The zero-order valence-corrected chi connectivity index (χ0v) is 15.5. The highest BCUT2D eigenvalue weighted by Gasteiger charge is 2.26. The number of benzene rings is 2. The van der Waals surface area contributed by atoms with E-state index in [9.17, 15) is 0 Å². The number of hydrogen-bond acceptors (Lipinski definition) is 5. The first-order chi connectivity index (χ1) is 13.2. The topological polar surface area (TPSA) is 57.5 Å². The summed E-state index contributed by atoms with van der Waals surface area (Å²) in [5.41, 5.74) is 3.84. The summed E-state index contributed by atoms with van der Waals surface area (Å²) in [5.74, 6) is 3.24. The molecule has 1 aromatic heterocycles. The first-order valence-corrected chi connectivity index (χ1v) is 9.22. The van der Waals surface area contributed by atoms with Gasteiger partial charge < -0.3 is 19.5 Å². The van der Waals surface area contributed by atoms with Crippen LogP contribution in [0, 0.1) is 0 Å². The van der Waals surface area contributed by atoms with Gasteiger partial charge >= 0.3 is 0 Å². The van der Waals surface area contributed by atoms with Crippen molar-refractivity contribution in [2.24, 2.45) is 0 Å². The van der Waals surface area contributed by atoms with Crippen LogP contribution in [0.3, 0.4) is 0 Å².